The molecule has 0 spiro atoms. The smallest absolute Gasteiger partial charge is 0.0599 e. The summed E-state index contributed by atoms with van der Waals surface area (Å²) >= 11 is 0. The Kier molecular flexibility index (Phi) is 6.93. The van der Waals surface area contributed by atoms with Crippen molar-refractivity contribution in [3.05, 3.63) is 191 Å². The highest BCUT2D eigenvalue weighted by atomic mass is 15.0. The van der Waals surface area contributed by atoms with Gasteiger partial charge in [0, 0.05) is 39.5 Å². The summed E-state index contributed by atoms with van der Waals surface area (Å²) in [7, 11) is 0. The lowest BCUT2D eigenvalue weighted by Crippen LogP contribution is -2.24. The van der Waals surface area contributed by atoms with E-state index in [0.29, 0.717) is 6.54 Å². The third kappa shape index (κ3) is 4.70. The topological polar surface area (TPSA) is 43.0 Å². The molecule has 2 aliphatic carbocycles. The predicted molar refractivity (Wildman–Crippen MR) is 222 cm³/mol. The van der Waals surface area contributed by atoms with Crippen molar-refractivity contribution in [2.75, 3.05) is 5.73 Å². The van der Waals surface area contributed by atoms with Crippen molar-refractivity contribution < 1.29 is 0 Å². The van der Waals surface area contributed by atoms with Crippen LogP contribution in [0.2, 0.25) is 0 Å². The number of nitrogens with two attached hydrogens (primary N) is 1. The second-order valence-corrected chi connectivity index (χ2v) is 16.0. The summed E-state index contributed by atoms with van der Waals surface area (Å²) < 4.78 is 2.44. The summed E-state index contributed by atoms with van der Waals surface area (Å²) in [4.78, 5) is 0. The standard InChI is InChI=1S/C50H43N3/c1-49(2)41-17-9-5-13-34(41)36-26-23-32(27-43(36)49)48(38-16-7-11-19-45(38)51)52-30-31-21-24-33(25-22-31)53-46-20-12-8-15-37(46)40-28-44-39(29-47(40)53)35-14-6-10-18-42(35)50(44,3)4/h5-29,48,52H,30,51H2,1-4H3. The molecule has 0 fully saturated rings. The second-order valence-electron chi connectivity index (χ2n) is 16.0. The molecule has 0 amide bonds. The van der Waals surface area contributed by atoms with Crippen LogP contribution in [0.3, 0.4) is 0 Å². The zero-order chi connectivity index (χ0) is 36.1. The summed E-state index contributed by atoms with van der Waals surface area (Å²) in [5.41, 5.74) is 25.4. The van der Waals surface area contributed by atoms with E-state index in [0.717, 1.165) is 16.9 Å². The Labute approximate surface area is 311 Å². The monoisotopic (exact) mass is 685 g/mol. The average molecular weight is 686 g/mol. The van der Waals surface area contributed by atoms with Gasteiger partial charge in [0.2, 0.25) is 0 Å². The number of nitrogens with one attached hydrogen (secondary N) is 1. The van der Waals surface area contributed by atoms with E-state index in [1.807, 2.05) is 12.1 Å². The quantitative estimate of drug-likeness (QED) is 0.171. The third-order valence-corrected chi connectivity index (χ3v) is 12.3. The molecule has 0 aliphatic heterocycles. The Balaban J connectivity index is 1.01. The van der Waals surface area contributed by atoms with Gasteiger partial charge in [0.05, 0.1) is 17.1 Å². The van der Waals surface area contributed by atoms with Gasteiger partial charge in [-0.05, 0) is 97.6 Å². The van der Waals surface area contributed by atoms with E-state index in [1.54, 1.807) is 0 Å². The third-order valence-electron chi connectivity index (χ3n) is 12.3. The van der Waals surface area contributed by atoms with Crippen LogP contribution in [0.1, 0.15) is 72.7 Å². The van der Waals surface area contributed by atoms with Gasteiger partial charge in [-0.15, -0.1) is 0 Å². The maximum atomic E-state index is 6.66. The molecule has 1 unspecified atom stereocenters. The lowest BCUT2D eigenvalue weighted by atomic mass is 9.81. The SMILES string of the molecule is CC1(C)c2ccccc2-c2ccc(C(NCc3ccc(-n4c5ccccc5c5cc6c(cc54)-c4ccccc4C6(C)C)cc3)c3ccccc3N)cc21. The fourth-order valence-corrected chi connectivity index (χ4v) is 9.51. The van der Waals surface area contributed by atoms with Gasteiger partial charge >= 0.3 is 0 Å². The Bertz CT molecular complexity index is 2740. The minimum atomic E-state index is -0.0724. The molecule has 1 heterocycles. The van der Waals surface area contributed by atoms with E-state index < -0.39 is 0 Å². The lowest BCUT2D eigenvalue weighted by molar-refractivity contribution is 0.602. The highest BCUT2D eigenvalue weighted by Crippen LogP contribution is 2.51. The van der Waals surface area contributed by atoms with Gasteiger partial charge in [-0.3, -0.25) is 0 Å². The summed E-state index contributed by atoms with van der Waals surface area (Å²) in [5, 5.41) is 6.51. The lowest BCUT2D eigenvalue weighted by Gasteiger charge is -2.25. The van der Waals surface area contributed by atoms with Gasteiger partial charge in [0.15, 0.2) is 0 Å². The molecule has 53 heavy (non-hydrogen) atoms. The molecule has 3 heteroatoms. The highest BCUT2D eigenvalue weighted by Gasteiger charge is 2.37. The fraction of sp³-hybridized carbons (Fsp3) is 0.160. The normalized spacial score (nSPS) is 15.2. The van der Waals surface area contributed by atoms with Crippen LogP contribution in [0.5, 0.6) is 0 Å². The first-order valence-electron chi connectivity index (χ1n) is 18.8. The number of anilines is 1. The molecule has 0 saturated carbocycles. The molecule has 0 saturated heterocycles. The van der Waals surface area contributed by atoms with Crippen LogP contribution in [0.15, 0.2) is 152 Å². The molecule has 3 nitrogen and oxygen atoms in total. The number of rotatable bonds is 6. The molecule has 1 atom stereocenters. The molecule has 1 aromatic heterocycles. The van der Waals surface area contributed by atoms with Crippen LogP contribution >= 0.6 is 0 Å². The fourth-order valence-electron chi connectivity index (χ4n) is 9.51. The number of nitrogens with zero attached hydrogens (tertiary/aromatic N) is 1. The molecular formula is C50H43N3. The van der Waals surface area contributed by atoms with Gasteiger partial charge in [0.25, 0.3) is 0 Å². The van der Waals surface area contributed by atoms with E-state index >= 15 is 0 Å². The van der Waals surface area contributed by atoms with Crippen molar-refractivity contribution in [1.29, 1.82) is 0 Å². The molecule has 0 bridgehead atoms. The number of nitrogen functional groups attached to an aromatic ring is 1. The number of benzene rings is 7. The van der Waals surface area contributed by atoms with Gasteiger partial charge in [-0.1, -0.05) is 143 Å². The Morgan fingerprint density at radius 3 is 1.87 bits per heavy atom. The van der Waals surface area contributed by atoms with E-state index in [-0.39, 0.29) is 16.9 Å². The molecule has 10 rings (SSSR count). The average Bonchev–Trinajstić information content (AvgIpc) is 3.71. The van der Waals surface area contributed by atoms with Crippen molar-refractivity contribution in [2.24, 2.45) is 0 Å². The molecule has 2 aliphatic rings. The van der Waals surface area contributed by atoms with Gasteiger partial charge in [-0.25, -0.2) is 0 Å². The first-order valence-corrected chi connectivity index (χ1v) is 18.8. The number of hydrogen-bond acceptors (Lipinski definition) is 2. The minimum absolute atomic E-state index is 0.0404. The summed E-state index contributed by atoms with van der Waals surface area (Å²) in [6.45, 7) is 10.1. The molecule has 0 radical (unpaired) electrons. The van der Waals surface area contributed by atoms with Crippen molar-refractivity contribution >= 4 is 27.5 Å². The molecule has 8 aromatic rings. The highest BCUT2D eigenvalue weighted by molar-refractivity contribution is 6.11. The van der Waals surface area contributed by atoms with Crippen molar-refractivity contribution in [1.82, 2.24) is 9.88 Å². The largest absolute Gasteiger partial charge is 0.398 e. The van der Waals surface area contributed by atoms with Crippen molar-refractivity contribution in [2.45, 2.75) is 51.1 Å². The van der Waals surface area contributed by atoms with E-state index in [2.05, 4.69) is 177 Å². The number of aromatic nitrogens is 1. The number of para-hydroxylation sites is 2. The van der Waals surface area contributed by atoms with Crippen molar-refractivity contribution in [3.8, 4) is 27.9 Å². The van der Waals surface area contributed by atoms with Gasteiger partial charge < -0.3 is 15.6 Å². The number of fused-ring (bicyclic) bond motifs is 9. The van der Waals surface area contributed by atoms with Crippen LogP contribution < -0.4 is 11.1 Å². The van der Waals surface area contributed by atoms with E-state index in [1.165, 1.54) is 77.4 Å². The Hall–Kier alpha value is -5.90. The van der Waals surface area contributed by atoms with Crippen LogP contribution in [-0.4, -0.2) is 4.57 Å². The van der Waals surface area contributed by atoms with Crippen LogP contribution in [0, 0.1) is 0 Å². The molecule has 7 aromatic carbocycles. The summed E-state index contributed by atoms with van der Waals surface area (Å²) in [6, 6.07) is 55.7. The van der Waals surface area contributed by atoms with Crippen LogP contribution in [0.25, 0.3) is 49.7 Å². The Morgan fingerprint density at radius 2 is 1.13 bits per heavy atom. The van der Waals surface area contributed by atoms with Gasteiger partial charge in [0.1, 0.15) is 0 Å². The van der Waals surface area contributed by atoms with Crippen LogP contribution in [-0.2, 0) is 17.4 Å². The zero-order valence-electron chi connectivity index (χ0n) is 30.7. The second kappa shape index (κ2) is 11.6. The predicted octanol–water partition coefficient (Wildman–Crippen LogP) is 11.9. The molecule has 3 N–H and O–H groups in total. The maximum absolute atomic E-state index is 6.66. The molecular weight excluding hydrogens is 643 g/mol. The zero-order valence-corrected chi connectivity index (χ0v) is 30.7. The maximum Gasteiger partial charge on any atom is 0.0599 e. The first-order chi connectivity index (χ1) is 25.7. The Morgan fingerprint density at radius 1 is 0.528 bits per heavy atom. The molecule has 258 valence electrons. The summed E-state index contributed by atoms with van der Waals surface area (Å²) in [5.74, 6) is 0. The first kappa shape index (κ1) is 31.8. The minimum Gasteiger partial charge on any atom is -0.398 e. The van der Waals surface area contributed by atoms with E-state index in [9.17, 15) is 0 Å². The van der Waals surface area contributed by atoms with Crippen LogP contribution in [0.4, 0.5) is 5.69 Å². The number of hydrogen-bond donors (Lipinski definition) is 2. The van der Waals surface area contributed by atoms with Gasteiger partial charge in [-0.2, -0.15) is 0 Å². The van der Waals surface area contributed by atoms with Crippen molar-refractivity contribution in [3.63, 3.8) is 0 Å². The van der Waals surface area contributed by atoms with E-state index in [4.69, 9.17) is 5.73 Å². The summed E-state index contributed by atoms with van der Waals surface area (Å²) in [6.07, 6.45) is 0.